The molecule has 0 saturated heterocycles. The number of hydrogen-bond acceptors (Lipinski definition) is 2. The molecule has 110 valence electrons. The third-order valence-corrected chi connectivity index (χ3v) is 3.74. The predicted octanol–water partition coefficient (Wildman–Crippen LogP) is 4.53. The normalized spacial score (nSPS) is 10.6. The highest BCUT2D eigenvalue weighted by Crippen LogP contribution is 2.19. The SMILES string of the molecule is Cc1ccc2cc(NC(=O)c3cccc(CCl)c3)ccc2n1. The maximum Gasteiger partial charge on any atom is 0.255 e. The van der Waals surface area contributed by atoms with Crippen LogP contribution in [0.2, 0.25) is 0 Å². The topological polar surface area (TPSA) is 42.0 Å². The Morgan fingerprint density at radius 2 is 2.00 bits per heavy atom. The highest BCUT2D eigenvalue weighted by atomic mass is 35.5. The predicted molar refractivity (Wildman–Crippen MR) is 90.4 cm³/mol. The van der Waals surface area contributed by atoms with Crippen molar-refractivity contribution >= 4 is 34.1 Å². The number of hydrogen-bond donors (Lipinski definition) is 1. The standard InChI is InChI=1S/C18H15ClN2O/c1-12-5-6-14-10-16(7-8-17(14)20-12)21-18(22)15-4-2-3-13(9-15)11-19/h2-10H,11H2,1H3,(H,21,22). The van der Waals surface area contributed by atoms with Crippen molar-refractivity contribution < 1.29 is 4.79 Å². The zero-order chi connectivity index (χ0) is 15.5. The Bertz CT molecular complexity index is 845. The van der Waals surface area contributed by atoms with E-state index in [-0.39, 0.29) is 5.91 Å². The van der Waals surface area contributed by atoms with Crippen molar-refractivity contribution in [2.75, 3.05) is 5.32 Å². The molecule has 22 heavy (non-hydrogen) atoms. The zero-order valence-electron chi connectivity index (χ0n) is 12.1. The first-order valence-electron chi connectivity index (χ1n) is 6.99. The van der Waals surface area contributed by atoms with Crippen LogP contribution in [-0.2, 0) is 5.88 Å². The maximum atomic E-state index is 12.3. The van der Waals surface area contributed by atoms with Gasteiger partial charge in [-0.3, -0.25) is 9.78 Å². The van der Waals surface area contributed by atoms with Crippen LogP contribution in [0.5, 0.6) is 0 Å². The second-order valence-corrected chi connectivity index (χ2v) is 5.42. The van der Waals surface area contributed by atoms with Crippen molar-refractivity contribution in [3.05, 3.63) is 71.4 Å². The van der Waals surface area contributed by atoms with E-state index in [1.54, 1.807) is 12.1 Å². The quantitative estimate of drug-likeness (QED) is 0.722. The van der Waals surface area contributed by atoms with Gasteiger partial charge in [0.1, 0.15) is 0 Å². The number of pyridine rings is 1. The average Bonchev–Trinajstić information content (AvgIpc) is 2.55. The largest absolute Gasteiger partial charge is 0.322 e. The molecule has 1 amide bonds. The van der Waals surface area contributed by atoms with Crippen molar-refractivity contribution in [2.45, 2.75) is 12.8 Å². The smallest absolute Gasteiger partial charge is 0.255 e. The van der Waals surface area contributed by atoms with Crippen molar-refractivity contribution in [3.63, 3.8) is 0 Å². The number of carbonyl (C=O) groups is 1. The molecule has 0 radical (unpaired) electrons. The van der Waals surface area contributed by atoms with Crippen molar-refractivity contribution in [3.8, 4) is 0 Å². The molecule has 0 atom stereocenters. The van der Waals surface area contributed by atoms with Crippen LogP contribution in [0.1, 0.15) is 21.6 Å². The van der Waals surface area contributed by atoms with Gasteiger partial charge in [0.25, 0.3) is 5.91 Å². The summed E-state index contributed by atoms with van der Waals surface area (Å²) in [6, 6.07) is 17.0. The van der Waals surface area contributed by atoms with Crippen molar-refractivity contribution in [1.29, 1.82) is 0 Å². The summed E-state index contributed by atoms with van der Waals surface area (Å²) < 4.78 is 0. The van der Waals surface area contributed by atoms with Crippen LogP contribution in [0.3, 0.4) is 0 Å². The van der Waals surface area contributed by atoms with E-state index in [0.717, 1.165) is 27.8 Å². The lowest BCUT2D eigenvalue weighted by Crippen LogP contribution is -2.12. The van der Waals surface area contributed by atoms with Crippen LogP contribution in [0.4, 0.5) is 5.69 Å². The summed E-state index contributed by atoms with van der Waals surface area (Å²) in [4.78, 5) is 16.8. The van der Waals surface area contributed by atoms with E-state index in [1.807, 2.05) is 49.4 Å². The molecule has 3 aromatic rings. The second kappa shape index (κ2) is 6.16. The van der Waals surface area contributed by atoms with Gasteiger partial charge in [-0.1, -0.05) is 18.2 Å². The third kappa shape index (κ3) is 3.10. The van der Waals surface area contributed by atoms with Crippen LogP contribution in [0, 0.1) is 6.92 Å². The Morgan fingerprint density at radius 1 is 1.14 bits per heavy atom. The first kappa shape index (κ1) is 14.5. The van der Waals surface area contributed by atoms with E-state index in [2.05, 4.69) is 10.3 Å². The monoisotopic (exact) mass is 310 g/mol. The fourth-order valence-corrected chi connectivity index (χ4v) is 2.47. The summed E-state index contributed by atoms with van der Waals surface area (Å²) in [7, 11) is 0. The van der Waals surface area contributed by atoms with E-state index in [9.17, 15) is 4.79 Å². The molecule has 1 heterocycles. The molecule has 3 rings (SSSR count). The first-order valence-corrected chi connectivity index (χ1v) is 7.53. The minimum atomic E-state index is -0.147. The molecule has 0 spiro atoms. The number of halogens is 1. The summed E-state index contributed by atoms with van der Waals surface area (Å²) in [5.74, 6) is 0.244. The summed E-state index contributed by atoms with van der Waals surface area (Å²) in [5, 5.41) is 3.90. The van der Waals surface area contributed by atoms with Gasteiger partial charge < -0.3 is 5.32 Å². The van der Waals surface area contributed by atoms with Gasteiger partial charge in [-0.2, -0.15) is 0 Å². The lowest BCUT2D eigenvalue weighted by molar-refractivity contribution is 0.102. The van der Waals surface area contributed by atoms with E-state index in [0.29, 0.717) is 11.4 Å². The number of rotatable bonds is 3. The van der Waals surface area contributed by atoms with Gasteiger partial charge >= 0.3 is 0 Å². The number of anilines is 1. The maximum absolute atomic E-state index is 12.3. The molecule has 4 heteroatoms. The fourth-order valence-electron chi connectivity index (χ4n) is 2.30. The summed E-state index contributed by atoms with van der Waals surface area (Å²) in [6.07, 6.45) is 0. The molecule has 0 aliphatic heterocycles. The van der Waals surface area contributed by atoms with Gasteiger partial charge in [-0.15, -0.1) is 11.6 Å². The molecule has 1 N–H and O–H groups in total. The third-order valence-electron chi connectivity index (χ3n) is 3.43. The number of aromatic nitrogens is 1. The highest BCUT2D eigenvalue weighted by molar-refractivity contribution is 6.17. The van der Waals surface area contributed by atoms with E-state index in [4.69, 9.17) is 11.6 Å². The number of alkyl halides is 1. The molecule has 0 unspecified atom stereocenters. The first-order chi connectivity index (χ1) is 10.7. The van der Waals surface area contributed by atoms with Gasteiger partial charge in [0.2, 0.25) is 0 Å². The summed E-state index contributed by atoms with van der Waals surface area (Å²) >= 11 is 5.80. The average molecular weight is 311 g/mol. The minimum absolute atomic E-state index is 0.147. The number of benzene rings is 2. The van der Waals surface area contributed by atoms with Crippen LogP contribution < -0.4 is 5.32 Å². The number of amides is 1. The van der Waals surface area contributed by atoms with E-state index < -0.39 is 0 Å². The molecule has 0 aliphatic rings. The summed E-state index contributed by atoms with van der Waals surface area (Å²) in [6.45, 7) is 1.96. The van der Waals surface area contributed by atoms with Gasteiger partial charge in [0, 0.05) is 28.2 Å². The fraction of sp³-hybridized carbons (Fsp3) is 0.111. The van der Waals surface area contributed by atoms with Crippen LogP contribution >= 0.6 is 11.6 Å². The molecule has 0 bridgehead atoms. The van der Waals surface area contributed by atoms with Crippen LogP contribution in [-0.4, -0.2) is 10.9 Å². The molecule has 0 fully saturated rings. The lowest BCUT2D eigenvalue weighted by atomic mass is 10.1. The molecule has 0 saturated carbocycles. The lowest BCUT2D eigenvalue weighted by Gasteiger charge is -2.07. The van der Waals surface area contributed by atoms with Gasteiger partial charge in [-0.25, -0.2) is 0 Å². The molecular formula is C18H15ClN2O. The summed E-state index contributed by atoms with van der Waals surface area (Å²) in [5.41, 5.74) is 4.16. The van der Waals surface area contributed by atoms with E-state index >= 15 is 0 Å². The van der Waals surface area contributed by atoms with Crippen LogP contribution in [0.25, 0.3) is 10.9 Å². The highest BCUT2D eigenvalue weighted by Gasteiger charge is 2.07. The Labute approximate surface area is 133 Å². The Hall–Kier alpha value is -2.39. The minimum Gasteiger partial charge on any atom is -0.322 e. The Balaban J connectivity index is 1.85. The van der Waals surface area contributed by atoms with Gasteiger partial charge in [0.05, 0.1) is 5.52 Å². The Kier molecular flexibility index (Phi) is 4.07. The molecule has 3 nitrogen and oxygen atoms in total. The van der Waals surface area contributed by atoms with E-state index in [1.165, 1.54) is 0 Å². The zero-order valence-corrected chi connectivity index (χ0v) is 12.9. The van der Waals surface area contributed by atoms with Gasteiger partial charge in [0.15, 0.2) is 0 Å². The second-order valence-electron chi connectivity index (χ2n) is 5.15. The number of carbonyl (C=O) groups excluding carboxylic acids is 1. The van der Waals surface area contributed by atoms with Crippen molar-refractivity contribution in [2.24, 2.45) is 0 Å². The van der Waals surface area contributed by atoms with Crippen LogP contribution in [0.15, 0.2) is 54.6 Å². The number of nitrogens with zero attached hydrogens (tertiary/aromatic N) is 1. The number of nitrogens with one attached hydrogen (secondary N) is 1. The number of aryl methyl sites for hydroxylation is 1. The Morgan fingerprint density at radius 3 is 2.82 bits per heavy atom. The van der Waals surface area contributed by atoms with Gasteiger partial charge in [-0.05, 0) is 48.9 Å². The molecule has 0 aliphatic carbocycles. The number of fused-ring (bicyclic) bond motifs is 1. The molecule has 1 aromatic heterocycles. The molecule has 2 aromatic carbocycles. The molecular weight excluding hydrogens is 296 g/mol. The van der Waals surface area contributed by atoms with Crippen molar-refractivity contribution in [1.82, 2.24) is 4.98 Å².